The van der Waals surface area contributed by atoms with Gasteiger partial charge in [0.25, 0.3) is 0 Å². The number of hydrogen-bond acceptors (Lipinski definition) is 6. The zero-order valence-electron chi connectivity index (χ0n) is 15.0. The molecular formula is C19H23BrO6. The first-order valence-corrected chi connectivity index (χ1v) is 9.36. The van der Waals surface area contributed by atoms with Crippen molar-refractivity contribution in [2.45, 2.75) is 38.7 Å². The van der Waals surface area contributed by atoms with Crippen molar-refractivity contribution >= 4 is 33.7 Å². The minimum Gasteiger partial charge on any atom is -0.466 e. The molecule has 0 unspecified atom stereocenters. The first kappa shape index (κ1) is 20.6. The van der Waals surface area contributed by atoms with E-state index in [1.807, 2.05) is 0 Å². The Balaban J connectivity index is 2.59. The number of benzene rings is 1. The molecule has 0 radical (unpaired) electrons. The van der Waals surface area contributed by atoms with Gasteiger partial charge in [-0.05, 0) is 38.5 Å². The van der Waals surface area contributed by atoms with Crippen LogP contribution in [0.2, 0.25) is 0 Å². The Bertz CT molecular complexity index is 682. The molecule has 1 saturated carbocycles. The van der Waals surface area contributed by atoms with Gasteiger partial charge in [0.2, 0.25) is 0 Å². The van der Waals surface area contributed by atoms with Gasteiger partial charge >= 0.3 is 11.9 Å². The van der Waals surface area contributed by atoms with E-state index in [0.29, 0.717) is 5.56 Å². The number of carbonyl (C=O) groups excluding carboxylic acids is 3. The van der Waals surface area contributed by atoms with Crippen LogP contribution in [0.25, 0.3) is 0 Å². The molecule has 0 heterocycles. The summed E-state index contributed by atoms with van der Waals surface area (Å²) in [5.74, 6) is -4.84. The van der Waals surface area contributed by atoms with Crippen molar-refractivity contribution in [1.82, 2.24) is 0 Å². The van der Waals surface area contributed by atoms with Crippen LogP contribution in [0.1, 0.15) is 38.7 Å². The van der Waals surface area contributed by atoms with E-state index in [1.54, 1.807) is 38.1 Å². The van der Waals surface area contributed by atoms with E-state index in [2.05, 4.69) is 15.9 Å². The molecule has 7 heteroatoms. The maximum absolute atomic E-state index is 12.7. The van der Waals surface area contributed by atoms with E-state index < -0.39 is 41.1 Å². The summed E-state index contributed by atoms with van der Waals surface area (Å²) < 4.78 is 11.0. The molecule has 1 aliphatic rings. The monoisotopic (exact) mass is 426 g/mol. The highest BCUT2D eigenvalue weighted by molar-refractivity contribution is 9.10. The van der Waals surface area contributed by atoms with Crippen LogP contribution < -0.4 is 0 Å². The van der Waals surface area contributed by atoms with Crippen LogP contribution in [0, 0.1) is 11.8 Å². The molecule has 6 nitrogen and oxygen atoms in total. The highest BCUT2D eigenvalue weighted by Crippen LogP contribution is 2.46. The fourth-order valence-electron chi connectivity index (χ4n) is 3.56. The van der Waals surface area contributed by atoms with Crippen molar-refractivity contribution in [3.05, 3.63) is 34.3 Å². The Morgan fingerprint density at radius 2 is 1.69 bits per heavy atom. The number of aliphatic hydroxyl groups is 1. The third kappa shape index (κ3) is 4.15. The van der Waals surface area contributed by atoms with Gasteiger partial charge in [-0.1, -0.05) is 28.1 Å². The molecule has 0 bridgehead atoms. The van der Waals surface area contributed by atoms with Gasteiger partial charge in [-0.3, -0.25) is 14.4 Å². The zero-order chi connectivity index (χ0) is 19.5. The number of Topliss-reactive ketones (excluding diaryl/α,β-unsaturated/α-hetero) is 1. The maximum atomic E-state index is 12.7. The first-order valence-electron chi connectivity index (χ1n) is 8.56. The van der Waals surface area contributed by atoms with Gasteiger partial charge in [-0.15, -0.1) is 0 Å². The zero-order valence-corrected chi connectivity index (χ0v) is 16.6. The Morgan fingerprint density at radius 3 is 2.23 bits per heavy atom. The average molecular weight is 427 g/mol. The number of halogens is 1. The molecule has 0 aromatic heterocycles. The molecule has 0 saturated heterocycles. The SMILES string of the molecule is CCOC(=O)[C@@H]1C(=O)C[C@](C)(O)[C@@H](C(=O)OCC)[C@@H]1c1ccc(Br)cc1. The van der Waals surface area contributed by atoms with Crippen LogP contribution in [0.15, 0.2) is 28.7 Å². The first-order chi connectivity index (χ1) is 12.2. The summed E-state index contributed by atoms with van der Waals surface area (Å²) in [5.41, 5.74) is -1.03. The lowest BCUT2D eigenvalue weighted by molar-refractivity contribution is -0.172. The molecule has 142 valence electrons. The van der Waals surface area contributed by atoms with Crippen LogP contribution in [0.4, 0.5) is 0 Å². The molecule has 4 atom stereocenters. The van der Waals surface area contributed by atoms with Crippen molar-refractivity contribution in [2.24, 2.45) is 11.8 Å². The minimum atomic E-state index is -1.62. The molecule has 2 rings (SSSR count). The number of esters is 2. The Morgan fingerprint density at radius 1 is 1.15 bits per heavy atom. The minimum absolute atomic E-state index is 0.121. The molecule has 1 fully saturated rings. The second-order valence-corrected chi connectivity index (χ2v) is 7.45. The summed E-state index contributed by atoms with van der Waals surface area (Å²) in [6, 6.07) is 6.96. The van der Waals surface area contributed by atoms with Gasteiger partial charge in [0.15, 0.2) is 5.78 Å². The van der Waals surface area contributed by atoms with Gasteiger partial charge < -0.3 is 14.6 Å². The van der Waals surface area contributed by atoms with E-state index >= 15 is 0 Å². The second-order valence-electron chi connectivity index (χ2n) is 6.54. The second kappa shape index (κ2) is 8.31. The topological polar surface area (TPSA) is 89.9 Å². The van der Waals surface area contributed by atoms with Crippen molar-refractivity contribution in [1.29, 1.82) is 0 Å². The van der Waals surface area contributed by atoms with Crippen molar-refractivity contribution < 1.29 is 29.0 Å². The third-order valence-corrected chi connectivity index (χ3v) is 5.13. The van der Waals surface area contributed by atoms with Crippen molar-refractivity contribution in [2.75, 3.05) is 13.2 Å². The smallest absolute Gasteiger partial charge is 0.317 e. The number of hydrogen-bond donors (Lipinski definition) is 1. The molecule has 1 N–H and O–H groups in total. The molecule has 0 aliphatic heterocycles. The quantitative estimate of drug-likeness (QED) is 0.574. The van der Waals surface area contributed by atoms with Crippen LogP contribution in [-0.2, 0) is 23.9 Å². The van der Waals surface area contributed by atoms with E-state index in [1.165, 1.54) is 6.92 Å². The van der Waals surface area contributed by atoms with Gasteiger partial charge in [-0.25, -0.2) is 0 Å². The predicted molar refractivity (Wildman–Crippen MR) is 97.4 cm³/mol. The van der Waals surface area contributed by atoms with Crippen molar-refractivity contribution in [3.63, 3.8) is 0 Å². The van der Waals surface area contributed by atoms with Gasteiger partial charge in [-0.2, -0.15) is 0 Å². The Hall–Kier alpha value is -1.73. The molecule has 0 amide bonds. The van der Waals surface area contributed by atoms with Gasteiger partial charge in [0, 0.05) is 16.8 Å². The fourth-order valence-corrected chi connectivity index (χ4v) is 3.83. The van der Waals surface area contributed by atoms with E-state index in [0.717, 1.165) is 4.47 Å². The molecule has 1 aromatic rings. The lowest BCUT2D eigenvalue weighted by Gasteiger charge is -2.43. The average Bonchev–Trinajstić information content (AvgIpc) is 2.54. The van der Waals surface area contributed by atoms with Crippen LogP contribution in [0.5, 0.6) is 0 Å². The summed E-state index contributed by atoms with van der Waals surface area (Å²) in [6.07, 6.45) is -0.313. The van der Waals surface area contributed by atoms with E-state index in [-0.39, 0.29) is 19.6 Å². The number of ketones is 1. The summed E-state index contributed by atoms with van der Waals surface area (Å²) in [6.45, 7) is 5.00. The molecule has 1 aromatic carbocycles. The molecule has 26 heavy (non-hydrogen) atoms. The molecular weight excluding hydrogens is 404 g/mol. The van der Waals surface area contributed by atoms with Crippen LogP contribution in [-0.4, -0.2) is 41.6 Å². The lowest BCUT2D eigenvalue weighted by atomic mass is 9.62. The van der Waals surface area contributed by atoms with Crippen LogP contribution >= 0.6 is 15.9 Å². The number of rotatable bonds is 5. The van der Waals surface area contributed by atoms with E-state index in [9.17, 15) is 19.5 Å². The highest BCUT2D eigenvalue weighted by atomic mass is 79.9. The van der Waals surface area contributed by atoms with Crippen molar-refractivity contribution in [3.8, 4) is 0 Å². The Labute approximate surface area is 161 Å². The van der Waals surface area contributed by atoms with Gasteiger partial charge in [0.05, 0.1) is 24.7 Å². The van der Waals surface area contributed by atoms with Crippen LogP contribution in [0.3, 0.4) is 0 Å². The summed E-state index contributed by atoms with van der Waals surface area (Å²) in [4.78, 5) is 37.8. The molecule has 0 spiro atoms. The normalized spacial score (nSPS) is 28.5. The van der Waals surface area contributed by atoms with Gasteiger partial charge in [0.1, 0.15) is 5.92 Å². The highest BCUT2D eigenvalue weighted by Gasteiger charge is 2.57. The third-order valence-electron chi connectivity index (χ3n) is 4.60. The maximum Gasteiger partial charge on any atom is 0.317 e. The Kier molecular flexibility index (Phi) is 6.58. The van der Waals surface area contributed by atoms with E-state index in [4.69, 9.17) is 9.47 Å². The fraction of sp³-hybridized carbons (Fsp3) is 0.526. The summed E-state index contributed by atoms with van der Waals surface area (Å²) in [5, 5.41) is 10.8. The predicted octanol–water partition coefficient (Wildman–Crippen LogP) is 2.62. The largest absolute Gasteiger partial charge is 0.466 e. The number of carbonyl (C=O) groups is 3. The molecule has 1 aliphatic carbocycles. The summed E-state index contributed by atoms with van der Waals surface area (Å²) in [7, 11) is 0. The standard InChI is InChI=1S/C19H23BrO6/c1-4-25-17(22)15-13(21)10-19(3,24)16(18(23)26-5-2)14(15)11-6-8-12(20)9-7-11/h6-9,14-16,24H,4-5,10H2,1-3H3/t14-,15-,16-,19+/m1/s1. The lowest BCUT2D eigenvalue weighted by Crippen LogP contribution is -2.55. The summed E-state index contributed by atoms with van der Waals surface area (Å²) >= 11 is 3.34. The number of ether oxygens (including phenoxy) is 2.